The molecule has 0 aliphatic heterocycles. The van der Waals surface area contributed by atoms with Crippen molar-refractivity contribution >= 4 is 33.2 Å². The molecule has 0 fully saturated rings. The summed E-state index contributed by atoms with van der Waals surface area (Å²) >= 11 is 3.99. The predicted octanol–water partition coefficient (Wildman–Crippen LogP) is 3.01. The number of carboxylic acid groups (broad SMARTS) is 1. The summed E-state index contributed by atoms with van der Waals surface area (Å²) in [5.74, 6) is -4.44. The van der Waals surface area contributed by atoms with E-state index in [0.29, 0.717) is 4.47 Å². The van der Waals surface area contributed by atoms with E-state index < -0.39 is 25.1 Å². The highest BCUT2D eigenvalue weighted by atomic mass is 79.9. The zero-order valence-electron chi connectivity index (χ0n) is 8.30. The van der Waals surface area contributed by atoms with E-state index in [-0.39, 0.29) is 4.88 Å². The maximum absolute atomic E-state index is 13.5. The molecule has 90 valence electrons. The largest absolute Gasteiger partial charge is 0.480 e. The van der Waals surface area contributed by atoms with Crippen molar-refractivity contribution < 1.29 is 23.4 Å². The zero-order chi connectivity index (χ0) is 12.3. The van der Waals surface area contributed by atoms with Crippen LogP contribution in [0.2, 0.25) is 0 Å². The first kappa shape index (κ1) is 13.5. The summed E-state index contributed by atoms with van der Waals surface area (Å²) < 4.78 is 31.8. The van der Waals surface area contributed by atoms with E-state index in [1.807, 2.05) is 0 Å². The third-order valence-corrected chi connectivity index (χ3v) is 3.70. The van der Waals surface area contributed by atoms with Crippen molar-refractivity contribution in [3.05, 3.63) is 20.3 Å². The molecule has 1 rings (SSSR count). The van der Waals surface area contributed by atoms with Crippen molar-refractivity contribution in [2.45, 2.75) is 12.8 Å². The van der Waals surface area contributed by atoms with Crippen LogP contribution in [0.25, 0.3) is 0 Å². The Balaban J connectivity index is 2.69. The van der Waals surface area contributed by atoms with E-state index in [1.54, 1.807) is 13.0 Å². The van der Waals surface area contributed by atoms with E-state index in [0.717, 1.165) is 16.2 Å². The summed E-state index contributed by atoms with van der Waals surface area (Å²) in [5.41, 5.74) is 0. The summed E-state index contributed by atoms with van der Waals surface area (Å²) in [6.07, 6.45) is 0. The molecule has 0 aliphatic carbocycles. The van der Waals surface area contributed by atoms with Gasteiger partial charge in [-0.3, -0.25) is 0 Å². The van der Waals surface area contributed by atoms with Crippen LogP contribution in [0.4, 0.5) is 8.78 Å². The number of hydrogen-bond donors (Lipinski definition) is 1. The normalized spacial score (nSPS) is 11.8. The summed E-state index contributed by atoms with van der Waals surface area (Å²) in [7, 11) is 0. The zero-order valence-corrected chi connectivity index (χ0v) is 10.7. The summed E-state index contributed by atoms with van der Waals surface area (Å²) in [6, 6.07) is 1.59. The van der Waals surface area contributed by atoms with Crippen molar-refractivity contribution in [2.24, 2.45) is 0 Å². The lowest BCUT2D eigenvalue weighted by Gasteiger charge is -2.14. The van der Waals surface area contributed by atoms with Crippen LogP contribution in [0.3, 0.4) is 0 Å². The number of carboxylic acids is 1. The van der Waals surface area contributed by atoms with Crippen LogP contribution in [0.1, 0.15) is 9.75 Å². The van der Waals surface area contributed by atoms with Crippen molar-refractivity contribution in [3.8, 4) is 0 Å². The van der Waals surface area contributed by atoms with Crippen molar-refractivity contribution in [3.63, 3.8) is 0 Å². The summed E-state index contributed by atoms with van der Waals surface area (Å²) in [6.45, 7) is 0.0581. The SMILES string of the molecule is Cc1cc(Br)c(C(F)(F)COCC(=O)O)s1. The number of aryl methyl sites for hydroxylation is 1. The standard InChI is InChI=1S/C9H9BrF2O3S/c1-5-2-6(10)8(16-5)9(11,12)4-15-3-7(13)14/h2H,3-4H2,1H3,(H,13,14). The van der Waals surface area contributed by atoms with E-state index in [1.165, 1.54) is 0 Å². The molecule has 0 amide bonds. The predicted molar refractivity (Wildman–Crippen MR) is 59.1 cm³/mol. The van der Waals surface area contributed by atoms with Gasteiger partial charge in [0.1, 0.15) is 13.2 Å². The molecule has 0 saturated carbocycles. The lowest BCUT2D eigenvalue weighted by molar-refractivity contribution is -0.147. The Bertz CT molecular complexity index is 392. The molecule has 0 saturated heterocycles. The second kappa shape index (κ2) is 5.20. The molecule has 0 aromatic carbocycles. The van der Waals surface area contributed by atoms with Gasteiger partial charge < -0.3 is 9.84 Å². The first-order chi connectivity index (χ1) is 7.33. The highest BCUT2D eigenvalue weighted by Crippen LogP contribution is 2.39. The Hall–Kier alpha value is -0.530. The maximum atomic E-state index is 13.5. The minimum Gasteiger partial charge on any atom is -0.480 e. The molecule has 0 bridgehead atoms. The number of halogens is 3. The molecule has 0 aliphatic rings. The Morgan fingerprint density at radius 3 is 2.75 bits per heavy atom. The highest BCUT2D eigenvalue weighted by molar-refractivity contribution is 9.10. The molecule has 16 heavy (non-hydrogen) atoms. The molecular weight excluding hydrogens is 306 g/mol. The van der Waals surface area contributed by atoms with Gasteiger partial charge in [-0.25, -0.2) is 4.79 Å². The molecule has 1 aromatic rings. The quantitative estimate of drug-likeness (QED) is 0.908. The number of rotatable bonds is 5. The molecule has 0 spiro atoms. The summed E-state index contributed by atoms with van der Waals surface area (Å²) in [5, 5.41) is 8.26. The van der Waals surface area contributed by atoms with Gasteiger partial charge in [-0.2, -0.15) is 8.78 Å². The van der Waals surface area contributed by atoms with Gasteiger partial charge in [-0.05, 0) is 28.9 Å². The monoisotopic (exact) mass is 314 g/mol. The fourth-order valence-electron chi connectivity index (χ4n) is 1.06. The van der Waals surface area contributed by atoms with Gasteiger partial charge in [-0.15, -0.1) is 11.3 Å². The number of carbonyl (C=O) groups is 1. The van der Waals surface area contributed by atoms with Gasteiger partial charge >= 0.3 is 11.9 Å². The molecule has 7 heteroatoms. The second-order valence-corrected chi connectivity index (χ2v) is 5.24. The lowest BCUT2D eigenvalue weighted by atomic mass is 10.3. The number of alkyl halides is 2. The van der Waals surface area contributed by atoms with Gasteiger partial charge in [0, 0.05) is 9.35 Å². The minimum atomic E-state index is -3.17. The van der Waals surface area contributed by atoms with Gasteiger partial charge in [0.15, 0.2) is 0 Å². The first-order valence-electron chi connectivity index (χ1n) is 4.26. The van der Waals surface area contributed by atoms with Crippen LogP contribution in [-0.2, 0) is 15.5 Å². The maximum Gasteiger partial charge on any atom is 0.329 e. The topological polar surface area (TPSA) is 46.5 Å². The second-order valence-electron chi connectivity index (χ2n) is 3.13. The van der Waals surface area contributed by atoms with Crippen molar-refractivity contribution in [1.82, 2.24) is 0 Å². The van der Waals surface area contributed by atoms with Crippen LogP contribution < -0.4 is 0 Å². The van der Waals surface area contributed by atoms with Crippen LogP contribution in [0.15, 0.2) is 10.5 Å². The minimum absolute atomic E-state index is 0.143. The van der Waals surface area contributed by atoms with Crippen molar-refractivity contribution in [2.75, 3.05) is 13.2 Å². The highest BCUT2D eigenvalue weighted by Gasteiger charge is 2.36. The lowest BCUT2D eigenvalue weighted by Crippen LogP contribution is -2.22. The average Bonchev–Trinajstić information content (AvgIpc) is 2.44. The molecule has 3 nitrogen and oxygen atoms in total. The number of ether oxygens (including phenoxy) is 1. The number of thiophene rings is 1. The van der Waals surface area contributed by atoms with E-state index >= 15 is 0 Å². The third kappa shape index (κ3) is 3.50. The average molecular weight is 315 g/mol. The number of hydrogen-bond acceptors (Lipinski definition) is 3. The van der Waals surface area contributed by atoms with Crippen LogP contribution in [-0.4, -0.2) is 24.3 Å². The Morgan fingerprint density at radius 1 is 1.69 bits per heavy atom. The van der Waals surface area contributed by atoms with Gasteiger partial charge in [0.2, 0.25) is 0 Å². The van der Waals surface area contributed by atoms with E-state index in [4.69, 9.17) is 5.11 Å². The van der Waals surface area contributed by atoms with Gasteiger partial charge in [0.25, 0.3) is 0 Å². The molecule has 1 heterocycles. The Kier molecular flexibility index (Phi) is 4.40. The van der Waals surface area contributed by atoms with Crippen LogP contribution in [0, 0.1) is 6.92 Å². The first-order valence-corrected chi connectivity index (χ1v) is 5.87. The molecule has 0 unspecified atom stereocenters. The molecule has 0 radical (unpaired) electrons. The molecule has 0 atom stereocenters. The van der Waals surface area contributed by atoms with Crippen LogP contribution in [0.5, 0.6) is 0 Å². The molecule has 1 N–H and O–H groups in total. The summed E-state index contributed by atoms with van der Waals surface area (Å²) in [4.78, 5) is 10.7. The van der Waals surface area contributed by atoms with Gasteiger partial charge in [0.05, 0.1) is 4.88 Å². The van der Waals surface area contributed by atoms with Gasteiger partial charge in [-0.1, -0.05) is 0 Å². The molecular formula is C9H9BrF2O3S. The third-order valence-electron chi connectivity index (χ3n) is 1.65. The van der Waals surface area contributed by atoms with Crippen LogP contribution >= 0.6 is 27.3 Å². The van der Waals surface area contributed by atoms with Crippen molar-refractivity contribution in [1.29, 1.82) is 0 Å². The smallest absolute Gasteiger partial charge is 0.329 e. The Morgan fingerprint density at radius 2 is 2.31 bits per heavy atom. The number of aliphatic carboxylic acids is 1. The fraction of sp³-hybridized carbons (Fsp3) is 0.444. The fourth-order valence-corrected chi connectivity index (χ4v) is 2.96. The van der Waals surface area contributed by atoms with E-state index in [2.05, 4.69) is 20.7 Å². The Labute approximate surface area is 103 Å². The van der Waals surface area contributed by atoms with E-state index in [9.17, 15) is 13.6 Å². The molecule has 1 aromatic heterocycles.